The zero-order chi connectivity index (χ0) is 16.5. The zero-order valence-electron chi connectivity index (χ0n) is 14.0. The fourth-order valence-corrected chi connectivity index (χ4v) is 2.30. The van der Waals surface area contributed by atoms with Gasteiger partial charge in [0.15, 0.2) is 5.75 Å². The van der Waals surface area contributed by atoms with Crippen molar-refractivity contribution in [2.75, 3.05) is 13.2 Å². The van der Waals surface area contributed by atoms with Gasteiger partial charge in [-0.1, -0.05) is 25.1 Å². The van der Waals surface area contributed by atoms with E-state index in [1.165, 1.54) is 0 Å². The number of ether oxygens (including phenoxy) is 2. The van der Waals surface area contributed by atoms with E-state index in [0.29, 0.717) is 25.5 Å². The number of hydrogen-bond donors (Lipinski definition) is 0. The molecule has 0 N–H and O–H groups in total. The van der Waals surface area contributed by atoms with Crippen molar-refractivity contribution < 1.29 is 9.47 Å². The summed E-state index contributed by atoms with van der Waals surface area (Å²) < 4.78 is 12.9. The lowest BCUT2D eigenvalue weighted by Crippen LogP contribution is -2.21. The molecule has 2 rings (SSSR count). The molecule has 23 heavy (non-hydrogen) atoms. The van der Waals surface area contributed by atoms with E-state index in [0.717, 1.165) is 30.6 Å². The minimum atomic E-state index is -0.0548. The molecule has 4 nitrogen and oxygen atoms in total. The van der Waals surface area contributed by atoms with Crippen LogP contribution in [0.3, 0.4) is 0 Å². The van der Waals surface area contributed by atoms with Crippen LogP contribution >= 0.6 is 0 Å². The Morgan fingerprint density at radius 1 is 0.957 bits per heavy atom. The van der Waals surface area contributed by atoms with E-state index >= 15 is 0 Å². The number of benzene rings is 1. The molecular weight excluding hydrogens is 290 g/mol. The van der Waals surface area contributed by atoms with Crippen molar-refractivity contribution in [2.45, 2.75) is 39.7 Å². The topological polar surface area (TPSA) is 40.5 Å². The molecule has 0 aliphatic rings. The smallest absolute Gasteiger partial charge is 0.292 e. The first-order chi connectivity index (χ1) is 11.2. The van der Waals surface area contributed by atoms with E-state index in [-0.39, 0.29) is 5.56 Å². The molecule has 0 aliphatic heterocycles. The summed E-state index contributed by atoms with van der Waals surface area (Å²) in [4.78, 5) is 12.2. The van der Waals surface area contributed by atoms with Gasteiger partial charge in [0.05, 0.1) is 13.2 Å². The largest absolute Gasteiger partial charge is 0.493 e. The van der Waals surface area contributed by atoms with Crippen LogP contribution in [0.15, 0.2) is 47.4 Å². The van der Waals surface area contributed by atoms with Gasteiger partial charge in [-0.3, -0.25) is 4.79 Å². The van der Waals surface area contributed by atoms with Gasteiger partial charge in [0, 0.05) is 12.7 Å². The van der Waals surface area contributed by atoms with Gasteiger partial charge in [0.2, 0.25) is 0 Å². The summed E-state index contributed by atoms with van der Waals surface area (Å²) >= 11 is 0. The Hall–Kier alpha value is -2.23. The average Bonchev–Trinajstić information content (AvgIpc) is 2.56. The van der Waals surface area contributed by atoms with E-state index in [9.17, 15) is 4.79 Å². The van der Waals surface area contributed by atoms with Gasteiger partial charge in [0.25, 0.3) is 5.56 Å². The van der Waals surface area contributed by atoms with E-state index in [1.54, 1.807) is 10.6 Å². The van der Waals surface area contributed by atoms with E-state index < -0.39 is 0 Å². The molecule has 0 spiro atoms. The monoisotopic (exact) mass is 315 g/mol. The highest BCUT2D eigenvalue weighted by Gasteiger charge is 2.04. The van der Waals surface area contributed by atoms with Crippen LogP contribution in [0.2, 0.25) is 0 Å². The number of para-hydroxylation sites is 1. The number of aromatic nitrogens is 1. The first-order valence-electron chi connectivity index (χ1n) is 8.23. The molecule has 124 valence electrons. The van der Waals surface area contributed by atoms with Gasteiger partial charge >= 0.3 is 0 Å². The van der Waals surface area contributed by atoms with Gasteiger partial charge in [-0.05, 0) is 49.9 Å². The molecule has 0 fully saturated rings. The van der Waals surface area contributed by atoms with Crippen LogP contribution < -0.4 is 15.0 Å². The number of aryl methyl sites for hydroxylation is 2. The van der Waals surface area contributed by atoms with Crippen molar-refractivity contribution in [3.05, 3.63) is 58.5 Å². The number of nitrogens with zero attached hydrogens (tertiary/aromatic N) is 1. The lowest BCUT2D eigenvalue weighted by atomic mass is 10.2. The Bertz CT molecular complexity index is 664. The molecule has 0 saturated carbocycles. The van der Waals surface area contributed by atoms with Gasteiger partial charge in [-0.25, -0.2) is 0 Å². The summed E-state index contributed by atoms with van der Waals surface area (Å²) in [7, 11) is 0. The van der Waals surface area contributed by atoms with Crippen LogP contribution in [0, 0.1) is 6.92 Å². The molecule has 0 saturated heterocycles. The van der Waals surface area contributed by atoms with Gasteiger partial charge in [-0.15, -0.1) is 0 Å². The maximum atomic E-state index is 12.2. The predicted molar refractivity (Wildman–Crippen MR) is 92.4 cm³/mol. The van der Waals surface area contributed by atoms with Gasteiger partial charge in [0.1, 0.15) is 5.75 Å². The van der Waals surface area contributed by atoms with E-state index in [4.69, 9.17) is 9.47 Å². The van der Waals surface area contributed by atoms with E-state index in [1.807, 2.05) is 50.4 Å². The third-order valence-corrected chi connectivity index (χ3v) is 3.59. The molecule has 1 aromatic carbocycles. The molecule has 0 atom stereocenters. The van der Waals surface area contributed by atoms with Crippen molar-refractivity contribution in [1.29, 1.82) is 0 Å². The Labute approximate surface area is 137 Å². The van der Waals surface area contributed by atoms with Gasteiger partial charge < -0.3 is 14.0 Å². The predicted octanol–water partition coefficient (Wildman–Crippen LogP) is 3.80. The van der Waals surface area contributed by atoms with Crippen LogP contribution in [0.1, 0.15) is 31.7 Å². The summed E-state index contributed by atoms with van der Waals surface area (Å²) in [5.41, 5.74) is 1.09. The van der Waals surface area contributed by atoms with Crippen molar-refractivity contribution in [2.24, 2.45) is 0 Å². The maximum Gasteiger partial charge on any atom is 0.292 e. The Balaban J connectivity index is 1.78. The summed E-state index contributed by atoms with van der Waals surface area (Å²) in [5.74, 6) is 1.37. The lowest BCUT2D eigenvalue weighted by Gasteiger charge is -2.10. The summed E-state index contributed by atoms with van der Waals surface area (Å²) in [5, 5.41) is 0. The second-order valence-electron chi connectivity index (χ2n) is 5.54. The lowest BCUT2D eigenvalue weighted by molar-refractivity contribution is 0.298. The zero-order valence-corrected chi connectivity index (χ0v) is 14.0. The number of hydrogen-bond acceptors (Lipinski definition) is 3. The Morgan fingerprint density at radius 2 is 1.70 bits per heavy atom. The average molecular weight is 315 g/mol. The summed E-state index contributed by atoms with van der Waals surface area (Å²) in [6.45, 7) is 5.97. The van der Waals surface area contributed by atoms with Crippen LogP contribution in [0.4, 0.5) is 0 Å². The number of pyridine rings is 1. The SMILES string of the molecule is CCCOc1cccn(CCCCOc2ccccc2C)c1=O. The van der Waals surface area contributed by atoms with Crippen LogP contribution in [0.25, 0.3) is 0 Å². The minimum absolute atomic E-state index is 0.0548. The molecule has 1 aromatic heterocycles. The fraction of sp³-hybridized carbons (Fsp3) is 0.421. The highest BCUT2D eigenvalue weighted by atomic mass is 16.5. The molecule has 0 bridgehead atoms. The molecule has 0 unspecified atom stereocenters. The second kappa shape index (κ2) is 9.03. The quantitative estimate of drug-likeness (QED) is 0.661. The molecule has 0 radical (unpaired) electrons. The normalized spacial score (nSPS) is 10.5. The summed E-state index contributed by atoms with van der Waals surface area (Å²) in [6, 6.07) is 11.6. The van der Waals surface area contributed by atoms with Crippen molar-refractivity contribution in [3.8, 4) is 11.5 Å². The summed E-state index contributed by atoms with van der Waals surface area (Å²) in [6.07, 6.45) is 4.50. The Kier molecular flexibility index (Phi) is 6.73. The van der Waals surface area contributed by atoms with Crippen molar-refractivity contribution >= 4 is 0 Å². The standard InChI is InChI=1S/C19H25NO3/c1-3-14-22-18-11-8-13-20(19(18)21)12-6-7-15-23-17-10-5-4-9-16(17)2/h4-5,8-11,13H,3,6-7,12,14-15H2,1-2H3. The molecular formula is C19H25NO3. The van der Waals surface area contributed by atoms with Crippen LogP contribution in [-0.4, -0.2) is 17.8 Å². The molecule has 1 heterocycles. The molecule has 0 aliphatic carbocycles. The molecule has 0 amide bonds. The van der Waals surface area contributed by atoms with Gasteiger partial charge in [-0.2, -0.15) is 0 Å². The van der Waals surface area contributed by atoms with Crippen molar-refractivity contribution in [3.63, 3.8) is 0 Å². The molecule has 4 heteroatoms. The third-order valence-electron chi connectivity index (χ3n) is 3.59. The first kappa shape index (κ1) is 17.1. The van der Waals surface area contributed by atoms with Crippen molar-refractivity contribution in [1.82, 2.24) is 4.57 Å². The second-order valence-corrected chi connectivity index (χ2v) is 5.54. The van der Waals surface area contributed by atoms with Crippen LogP contribution in [0.5, 0.6) is 11.5 Å². The number of rotatable bonds is 9. The fourth-order valence-electron chi connectivity index (χ4n) is 2.30. The third kappa shape index (κ3) is 5.16. The molecule has 2 aromatic rings. The van der Waals surface area contributed by atoms with Crippen LogP contribution in [-0.2, 0) is 6.54 Å². The number of unbranched alkanes of at least 4 members (excludes halogenated alkanes) is 1. The maximum absolute atomic E-state index is 12.2. The van der Waals surface area contributed by atoms with E-state index in [2.05, 4.69) is 0 Å². The highest BCUT2D eigenvalue weighted by molar-refractivity contribution is 5.31. The Morgan fingerprint density at radius 3 is 2.48 bits per heavy atom. The minimum Gasteiger partial charge on any atom is -0.493 e. The highest BCUT2D eigenvalue weighted by Crippen LogP contribution is 2.16. The first-order valence-corrected chi connectivity index (χ1v) is 8.23.